The second kappa shape index (κ2) is 13.6. The molecule has 10 nitrogen and oxygen atoms in total. The van der Waals surface area contributed by atoms with E-state index in [-0.39, 0.29) is 42.7 Å². The number of carbonyl (C=O) groups is 1. The van der Waals surface area contributed by atoms with Crippen molar-refractivity contribution in [3.63, 3.8) is 0 Å². The number of nitrogens with one attached hydrogen (secondary N) is 1. The summed E-state index contributed by atoms with van der Waals surface area (Å²) in [7, 11) is -7.17. The fourth-order valence-electron chi connectivity index (χ4n) is 6.24. The van der Waals surface area contributed by atoms with E-state index in [0.29, 0.717) is 44.7 Å². The van der Waals surface area contributed by atoms with Crippen molar-refractivity contribution in [2.45, 2.75) is 43.7 Å². The van der Waals surface area contributed by atoms with Gasteiger partial charge in [-0.1, -0.05) is 48.5 Å². The molecular formula is C29H41ClN4O6S2. The zero-order chi connectivity index (χ0) is 29.1. The van der Waals surface area contributed by atoms with Crippen LogP contribution in [0.15, 0.2) is 54.6 Å². The Labute approximate surface area is 255 Å². The summed E-state index contributed by atoms with van der Waals surface area (Å²) in [4.78, 5) is 17.6. The van der Waals surface area contributed by atoms with Crippen LogP contribution in [0.1, 0.15) is 36.8 Å². The summed E-state index contributed by atoms with van der Waals surface area (Å²) in [6.07, 6.45) is 4.54. The number of anilines is 1. The molecule has 232 valence electrons. The van der Waals surface area contributed by atoms with Gasteiger partial charge >= 0.3 is 0 Å². The van der Waals surface area contributed by atoms with Crippen LogP contribution in [0.3, 0.4) is 0 Å². The summed E-state index contributed by atoms with van der Waals surface area (Å²) >= 11 is 0. The second-order valence-corrected chi connectivity index (χ2v) is 15.2. The number of benzene rings is 2. The molecule has 1 N–H and O–H groups in total. The van der Waals surface area contributed by atoms with Crippen LogP contribution in [-0.2, 0) is 41.6 Å². The molecule has 3 aliphatic rings. The number of amides is 1. The minimum Gasteiger partial charge on any atom is -0.375 e. The highest BCUT2D eigenvalue weighted by atomic mass is 35.5. The third-order valence-corrected chi connectivity index (χ3v) is 11.0. The molecule has 3 aliphatic heterocycles. The molecule has 0 bridgehead atoms. The SMILES string of the molecule is CS(=O)(=O)N1CC2(CCN(C(=O)[C@@H](COCc3ccccc3)NS(=O)(=O)CCN3CCCC3)CC2)c2ccccc21.Cl. The quantitative estimate of drug-likeness (QED) is 0.401. The van der Waals surface area contributed by atoms with Crippen molar-refractivity contribution in [3.05, 3.63) is 65.7 Å². The molecule has 0 aromatic heterocycles. The first-order valence-corrected chi connectivity index (χ1v) is 17.8. The van der Waals surface area contributed by atoms with Crippen LogP contribution in [0.2, 0.25) is 0 Å². The Morgan fingerprint density at radius 1 is 0.952 bits per heavy atom. The van der Waals surface area contributed by atoms with Crippen LogP contribution in [-0.4, -0.2) is 96.5 Å². The lowest BCUT2D eigenvalue weighted by Gasteiger charge is -2.40. The van der Waals surface area contributed by atoms with E-state index in [4.69, 9.17) is 4.74 Å². The van der Waals surface area contributed by atoms with Gasteiger partial charge in [0.1, 0.15) is 6.04 Å². The van der Waals surface area contributed by atoms with Crippen molar-refractivity contribution in [3.8, 4) is 0 Å². The molecule has 0 radical (unpaired) electrons. The van der Waals surface area contributed by atoms with Crippen molar-refractivity contribution in [1.29, 1.82) is 0 Å². The van der Waals surface area contributed by atoms with E-state index in [1.165, 1.54) is 10.6 Å². The van der Waals surface area contributed by atoms with E-state index in [9.17, 15) is 21.6 Å². The number of piperidine rings is 1. The molecule has 3 heterocycles. The van der Waals surface area contributed by atoms with Gasteiger partial charge in [-0.2, -0.15) is 0 Å². The minimum absolute atomic E-state index is 0. The first-order valence-electron chi connectivity index (χ1n) is 14.3. The van der Waals surface area contributed by atoms with Gasteiger partial charge in [0.05, 0.1) is 30.9 Å². The fraction of sp³-hybridized carbons (Fsp3) is 0.552. The Balaban J connectivity index is 0.00000405. The van der Waals surface area contributed by atoms with Gasteiger partial charge in [-0.05, 0) is 56.0 Å². The first-order chi connectivity index (χ1) is 19.6. The average molecular weight is 641 g/mol. The topological polar surface area (TPSA) is 116 Å². The van der Waals surface area contributed by atoms with Crippen LogP contribution in [0.5, 0.6) is 0 Å². The number of halogens is 1. The summed E-state index contributed by atoms with van der Waals surface area (Å²) < 4.78 is 61.2. The van der Waals surface area contributed by atoms with Crippen LogP contribution in [0.4, 0.5) is 5.69 Å². The average Bonchev–Trinajstić information content (AvgIpc) is 3.59. The predicted octanol–water partition coefficient (Wildman–Crippen LogP) is 2.35. The van der Waals surface area contributed by atoms with Gasteiger partial charge in [0.15, 0.2) is 0 Å². The largest absolute Gasteiger partial charge is 0.375 e. The Morgan fingerprint density at radius 2 is 1.60 bits per heavy atom. The molecule has 1 amide bonds. The van der Waals surface area contributed by atoms with E-state index in [1.807, 2.05) is 54.6 Å². The van der Waals surface area contributed by atoms with Gasteiger partial charge in [0.2, 0.25) is 26.0 Å². The Bertz CT molecular complexity index is 1430. The Hall–Kier alpha value is -2.22. The molecule has 5 rings (SSSR count). The Kier molecular flexibility index (Phi) is 10.6. The molecule has 0 saturated carbocycles. The smallest absolute Gasteiger partial charge is 0.243 e. The maximum atomic E-state index is 13.8. The van der Waals surface area contributed by atoms with Crippen molar-refractivity contribution in [2.24, 2.45) is 0 Å². The van der Waals surface area contributed by atoms with Crippen LogP contribution >= 0.6 is 12.4 Å². The monoisotopic (exact) mass is 640 g/mol. The van der Waals surface area contributed by atoms with Gasteiger partial charge in [0.25, 0.3) is 0 Å². The molecule has 2 aromatic rings. The van der Waals surface area contributed by atoms with Gasteiger partial charge < -0.3 is 14.5 Å². The number of nitrogens with zero attached hydrogens (tertiary/aromatic N) is 3. The molecular weight excluding hydrogens is 600 g/mol. The molecule has 0 aliphatic carbocycles. The molecule has 2 aromatic carbocycles. The standard InChI is InChI=1S/C29H40N4O6S2.ClH/c1-40(35,36)33-23-29(25-11-5-6-12-27(25)33)13-17-32(18-14-29)28(34)26(22-39-21-24-9-3-2-4-10-24)30-41(37,38)20-19-31-15-7-8-16-31;/h2-6,9-12,26,30H,7-8,13-23H2,1H3;1H/t26-;/m1./s1. The maximum Gasteiger partial charge on any atom is 0.243 e. The Morgan fingerprint density at radius 3 is 2.26 bits per heavy atom. The number of rotatable bonds is 11. The van der Waals surface area contributed by atoms with Gasteiger partial charge in [-0.25, -0.2) is 21.6 Å². The number of fused-ring (bicyclic) bond motifs is 2. The number of hydrogen-bond donors (Lipinski definition) is 1. The van der Waals surface area contributed by atoms with E-state index >= 15 is 0 Å². The lowest BCUT2D eigenvalue weighted by molar-refractivity contribution is -0.136. The van der Waals surface area contributed by atoms with Crippen molar-refractivity contribution >= 4 is 44.0 Å². The summed E-state index contributed by atoms with van der Waals surface area (Å²) in [5.74, 6) is -0.389. The molecule has 13 heteroatoms. The normalized spacial score (nSPS) is 19.5. The molecule has 2 fully saturated rings. The molecule has 0 unspecified atom stereocenters. The predicted molar refractivity (Wildman–Crippen MR) is 166 cm³/mol. The van der Waals surface area contributed by atoms with E-state index < -0.39 is 26.1 Å². The second-order valence-electron chi connectivity index (χ2n) is 11.4. The van der Waals surface area contributed by atoms with E-state index in [0.717, 1.165) is 37.1 Å². The number of ether oxygens (including phenoxy) is 1. The van der Waals surface area contributed by atoms with Crippen molar-refractivity contribution < 1.29 is 26.4 Å². The maximum absolute atomic E-state index is 13.8. The molecule has 42 heavy (non-hydrogen) atoms. The lowest BCUT2D eigenvalue weighted by atomic mass is 9.74. The molecule has 1 atom stereocenters. The van der Waals surface area contributed by atoms with E-state index in [1.54, 1.807) is 4.90 Å². The zero-order valence-corrected chi connectivity index (χ0v) is 26.4. The van der Waals surface area contributed by atoms with Gasteiger partial charge in [0, 0.05) is 31.6 Å². The van der Waals surface area contributed by atoms with Gasteiger partial charge in [-0.3, -0.25) is 9.10 Å². The number of carbonyl (C=O) groups excluding carboxylic acids is 1. The first kappa shape index (κ1) is 32.7. The lowest BCUT2D eigenvalue weighted by Crippen LogP contribution is -2.55. The van der Waals surface area contributed by atoms with Gasteiger partial charge in [-0.15, -0.1) is 12.4 Å². The zero-order valence-electron chi connectivity index (χ0n) is 24.0. The van der Waals surface area contributed by atoms with Crippen LogP contribution < -0.4 is 9.03 Å². The van der Waals surface area contributed by atoms with Crippen LogP contribution in [0.25, 0.3) is 0 Å². The van der Waals surface area contributed by atoms with E-state index in [2.05, 4.69) is 9.62 Å². The number of sulfonamides is 2. The summed E-state index contributed by atoms with van der Waals surface area (Å²) in [6.45, 7) is 3.56. The third-order valence-electron chi connectivity index (χ3n) is 8.51. The number of likely N-dealkylation sites (tertiary alicyclic amines) is 2. The van der Waals surface area contributed by atoms with Crippen molar-refractivity contribution in [2.75, 3.05) is 62.2 Å². The molecule has 1 spiro atoms. The highest BCUT2D eigenvalue weighted by Gasteiger charge is 2.48. The third kappa shape index (κ3) is 7.64. The fourth-order valence-corrected chi connectivity index (χ4v) is 8.46. The number of para-hydroxylation sites is 1. The highest BCUT2D eigenvalue weighted by Crippen LogP contribution is 2.47. The van der Waals surface area contributed by atoms with Crippen LogP contribution in [0, 0.1) is 0 Å². The molecule has 2 saturated heterocycles. The highest BCUT2D eigenvalue weighted by molar-refractivity contribution is 7.92. The summed E-state index contributed by atoms with van der Waals surface area (Å²) in [5, 5.41) is 0. The van der Waals surface area contributed by atoms with Crippen molar-refractivity contribution in [1.82, 2.24) is 14.5 Å². The number of hydrogen-bond acceptors (Lipinski definition) is 7. The summed E-state index contributed by atoms with van der Waals surface area (Å²) in [5.41, 5.74) is 2.24. The summed E-state index contributed by atoms with van der Waals surface area (Å²) in [6, 6.07) is 16.1. The minimum atomic E-state index is -3.73.